The summed E-state index contributed by atoms with van der Waals surface area (Å²) < 4.78 is 0. The number of nitrogens with two attached hydrogens (primary N) is 1. The van der Waals surface area contributed by atoms with Crippen LogP contribution in [-0.4, -0.2) is 37.6 Å². The monoisotopic (exact) mass is 248 g/mol. The van der Waals surface area contributed by atoms with Crippen molar-refractivity contribution in [2.24, 2.45) is 5.92 Å². The van der Waals surface area contributed by atoms with Crippen molar-refractivity contribution >= 4 is 17.4 Å². The van der Waals surface area contributed by atoms with E-state index in [9.17, 15) is 4.79 Å². The summed E-state index contributed by atoms with van der Waals surface area (Å²) in [7, 11) is 2.11. The standard InChI is InChI=1S/C13H20N4O/c1-17-7-6-10(9-17)8-15-13(18)16-12-4-2-11(14)3-5-12/h2-5,10H,6-9,14H2,1H3,(H2,15,16,18). The van der Waals surface area contributed by atoms with Gasteiger partial charge in [-0.05, 0) is 50.2 Å². The van der Waals surface area contributed by atoms with Crippen molar-refractivity contribution in [3.63, 3.8) is 0 Å². The van der Waals surface area contributed by atoms with Crippen molar-refractivity contribution in [3.05, 3.63) is 24.3 Å². The molecule has 1 saturated heterocycles. The molecule has 2 amide bonds. The number of carbonyl (C=O) groups excluding carboxylic acids is 1. The molecule has 4 N–H and O–H groups in total. The van der Waals surface area contributed by atoms with Gasteiger partial charge >= 0.3 is 6.03 Å². The van der Waals surface area contributed by atoms with Gasteiger partial charge in [0.1, 0.15) is 0 Å². The first-order valence-electron chi connectivity index (χ1n) is 6.22. The lowest BCUT2D eigenvalue weighted by Crippen LogP contribution is -2.33. The second kappa shape index (κ2) is 5.73. The number of benzene rings is 1. The van der Waals surface area contributed by atoms with Crippen LogP contribution in [0.5, 0.6) is 0 Å². The summed E-state index contributed by atoms with van der Waals surface area (Å²) in [5, 5.41) is 5.69. The number of hydrogen-bond donors (Lipinski definition) is 3. The van der Waals surface area contributed by atoms with Gasteiger partial charge in [-0.2, -0.15) is 0 Å². The molecule has 1 aliphatic rings. The maximum Gasteiger partial charge on any atom is 0.319 e. The first-order chi connectivity index (χ1) is 8.63. The number of hydrogen-bond acceptors (Lipinski definition) is 3. The predicted octanol–water partition coefficient (Wildman–Crippen LogP) is 1.34. The molecule has 2 rings (SSSR count). The van der Waals surface area contributed by atoms with Crippen LogP contribution in [-0.2, 0) is 0 Å². The minimum atomic E-state index is -0.158. The van der Waals surface area contributed by atoms with Gasteiger partial charge < -0.3 is 21.3 Å². The predicted molar refractivity (Wildman–Crippen MR) is 73.5 cm³/mol. The Morgan fingerprint density at radius 3 is 2.78 bits per heavy atom. The molecule has 0 radical (unpaired) electrons. The van der Waals surface area contributed by atoms with Crippen molar-refractivity contribution in [1.29, 1.82) is 0 Å². The summed E-state index contributed by atoms with van der Waals surface area (Å²) in [4.78, 5) is 14.0. The molecule has 98 valence electrons. The number of carbonyl (C=O) groups is 1. The Hall–Kier alpha value is -1.75. The molecule has 1 atom stereocenters. The zero-order chi connectivity index (χ0) is 13.0. The Morgan fingerprint density at radius 1 is 1.44 bits per heavy atom. The fourth-order valence-corrected chi connectivity index (χ4v) is 2.17. The highest BCUT2D eigenvalue weighted by Gasteiger charge is 2.19. The van der Waals surface area contributed by atoms with E-state index in [1.54, 1.807) is 24.3 Å². The Labute approximate surface area is 107 Å². The highest BCUT2D eigenvalue weighted by molar-refractivity contribution is 5.89. The molecule has 0 aliphatic carbocycles. The average molecular weight is 248 g/mol. The summed E-state index contributed by atoms with van der Waals surface area (Å²) in [5.41, 5.74) is 7.02. The van der Waals surface area contributed by atoms with Gasteiger partial charge in [0, 0.05) is 24.5 Å². The van der Waals surface area contributed by atoms with Crippen LogP contribution in [0.2, 0.25) is 0 Å². The SMILES string of the molecule is CN1CCC(CNC(=O)Nc2ccc(N)cc2)C1. The number of amides is 2. The molecule has 1 aromatic carbocycles. The topological polar surface area (TPSA) is 70.4 Å². The number of nitrogens with zero attached hydrogens (tertiary/aromatic N) is 1. The van der Waals surface area contributed by atoms with E-state index in [0.717, 1.165) is 31.7 Å². The normalized spacial score (nSPS) is 19.7. The quantitative estimate of drug-likeness (QED) is 0.707. The van der Waals surface area contributed by atoms with Crippen molar-refractivity contribution in [2.75, 3.05) is 37.7 Å². The molecule has 0 bridgehead atoms. The fourth-order valence-electron chi connectivity index (χ4n) is 2.17. The Balaban J connectivity index is 1.73. The molecule has 0 aromatic heterocycles. The van der Waals surface area contributed by atoms with Crippen LogP contribution in [0.3, 0.4) is 0 Å². The number of nitrogens with one attached hydrogen (secondary N) is 2. The highest BCUT2D eigenvalue weighted by Crippen LogP contribution is 2.13. The fraction of sp³-hybridized carbons (Fsp3) is 0.462. The van der Waals surface area contributed by atoms with Gasteiger partial charge in [0.05, 0.1) is 0 Å². The highest BCUT2D eigenvalue weighted by atomic mass is 16.2. The third kappa shape index (κ3) is 3.63. The van der Waals surface area contributed by atoms with Crippen LogP contribution in [0.25, 0.3) is 0 Å². The Bertz CT molecular complexity index is 404. The molecule has 1 aromatic rings. The molecular formula is C13H20N4O. The third-order valence-corrected chi connectivity index (χ3v) is 3.21. The van der Waals surface area contributed by atoms with Crippen LogP contribution in [0.15, 0.2) is 24.3 Å². The van der Waals surface area contributed by atoms with E-state index in [2.05, 4.69) is 22.6 Å². The Morgan fingerprint density at radius 2 is 2.17 bits per heavy atom. The molecule has 18 heavy (non-hydrogen) atoms. The number of anilines is 2. The van der Waals surface area contributed by atoms with Crippen molar-refractivity contribution in [1.82, 2.24) is 10.2 Å². The molecule has 5 heteroatoms. The molecule has 1 heterocycles. The summed E-state index contributed by atoms with van der Waals surface area (Å²) >= 11 is 0. The van der Waals surface area contributed by atoms with Gasteiger partial charge in [-0.15, -0.1) is 0 Å². The van der Waals surface area contributed by atoms with Gasteiger partial charge in [-0.1, -0.05) is 0 Å². The first-order valence-corrected chi connectivity index (χ1v) is 6.22. The van der Waals surface area contributed by atoms with E-state index in [1.807, 2.05) is 0 Å². The van der Waals surface area contributed by atoms with E-state index >= 15 is 0 Å². The average Bonchev–Trinajstić information content (AvgIpc) is 2.76. The maximum atomic E-state index is 11.7. The third-order valence-electron chi connectivity index (χ3n) is 3.21. The number of urea groups is 1. The lowest BCUT2D eigenvalue weighted by atomic mass is 10.1. The van der Waals surface area contributed by atoms with Crippen molar-refractivity contribution in [2.45, 2.75) is 6.42 Å². The zero-order valence-corrected chi connectivity index (χ0v) is 10.6. The molecule has 1 unspecified atom stereocenters. The summed E-state index contributed by atoms with van der Waals surface area (Å²) in [6, 6.07) is 6.95. The number of likely N-dealkylation sites (tertiary alicyclic amines) is 1. The number of rotatable bonds is 3. The van der Waals surface area contributed by atoms with E-state index in [4.69, 9.17) is 5.73 Å². The Kier molecular flexibility index (Phi) is 4.04. The minimum Gasteiger partial charge on any atom is -0.399 e. The molecular weight excluding hydrogens is 228 g/mol. The minimum absolute atomic E-state index is 0.158. The lowest BCUT2D eigenvalue weighted by molar-refractivity contribution is 0.250. The van der Waals surface area contributed by atoms with E-state index in [-0.39, 0.29) is 6.03 Å². The van der Waals surface area contributed by atoms with Gasteiger partial charge in [-0.25, -0.2) is 4.79 Å². The first kappa shape index (κ1) is 12.7. The van der Waals surface area contributed by atoms with Crippen LogP contribution in [0, 0.1) is 5.92 Å². The second-order valence-electron chi connectivity index (χ2n) is 4.87. The van der Waals surface area contributed by atoms with Gasteiger partial charge in [-0.3, -0.25) is 0 Å². The van der Waals surface area contributed by atoms with Crippen LogP contribution >= 0.6 is 0 Å². The van der Waals surface area contributed by atoms with Gasteiger partial charge in [0.25, 0.3) is 0 Å². The molecule has 1 aliphatic heterocycles. The van der Waals surface area contributed by atoms with Crippen molar-refractivity contribution < 1.29 is 4.79 Å². The van der Waals surface area contributed by atoms with Crippen molar-refractivity contribution in [3.8, 4) is 0 Å². The zero-order valence-electron chi connectivity index (χ0n) is 10.6. The van der Waals surface area contributed by atoms with Crippen LogP contribution in [0.4, 0.5) is 16.2 Å². The summed E-state index contributed by atoms with van der Waals surface area (Å²) in [5.74, 6) is 0.562. The van der Waals surface area contributed by atoms with E-state index in [1.165, 1.54) is 0 Å². The molecule has 1 fully saturated rings. The molecule has 0 spiro atoms. The largest absolute Gasteiger partial charge is 0.399 e. The summed E-state index contributed by atoms with van der Waals surface area (Å²) in [6.45, 7) is 2.90. The second-order valence-corrected chi connectivity index (χ2v) is 4.87. The summed E-state index contributed by atoms with van der Waals surface area (Å²) in [6.07, 6.45) is 1.15. The van der Waals surface area contributed by atoms with E-state index < -0.39 is 0 Å². The molecule has 0 saturated carbocycles. The molecule has 5 nitrogen and oxygen atoms in total. The smallest absolute Gasteiger partial charge is 0.319 e. The number of nitrogen functional groups attached to an aromatic ring is 1. The lowest BCUT2D eigenvalue weighted by Gasteiger charge is -2.12. The maximum absolute atomic E-state index is 11.7. The van der Waals surface area contributed by atoms with Crippen LogP contribution < -0.4 is 16.4 Å². The van der Waals surface area contributed by atoms with Gasteiger partial charge in [0.2, 0.25) is 0 Å². The van der Waals surface area contributed by atoms with Gasteiger partial charge in [0.15, 0.2) is 0 Å². The van der Waals surface area contributed by atoms with E-state index in [0.29, 0.717) is 11.6 Å². The van der Waals surface area contributed by atoms with Crippen LogP contribution in [0.1, 0.15) is 6.42 Å².